The van der Waals surface area contributed by atoms with E-state index in [0.717, 1.165) is 4.90 Å². The lowest BCUT2D eigenvalue weighted by Crippen LogP contribution is -2.25. The van der Waals surface area contributed by atoms with Crippen molar-refractivity contribution in [1.29, 1.82) is 0 Å². The average Bonchev–Trinajstić information content (AvgIpc) is 2.46. The fourth-order valence-corrected chi connectivity index (χ4v) is 2.78. The summed E-state index contributed by atoms with van der Waals surface area (Å²) in [6.45, 7) is 5.23. The second-order valence-corrected chi connectivity index (χ2v) is 7.14. The van der Waals surface area contributed by atoms with Gasteiger partial charge >= 0.3 is 5.97 Å². The first-order valence-corrected chi connectivity index (χ1v) is 8.15. The van der Waals surface area contributed by atoms with Crippen LogP contribution in [0.5, 0.6) is 0 Å². The summed E-state index contributed by atoms with van der Waals surface area (Å²) in [5.41, 5.74) is -0.726. The molecule has 0 atom stereocenters. The van der Waals surface area contributed by atoms with Crippen LogP contribution in [-0.4, -0.2) is 21.5 Å². The van der Waals surface area contributed by atoms with E-state index in [0.29, 0.717) is 5.03 Å². The zero-order valence-corrected chi connectivity index (χ0v) is 14.5. The van der Waals surface area contributed by atoms with Crippen LogP contribution in [0.15, 0.2) is 52.4 Å². The van der Waals surface area contributed by atoms with Gasteiger partial charge in [-0.25, -0.2) is 4.98 Å². The van der Waals surface area contributed by atoms with Crippen molar-refractivity contribution < 1.29 is 14.5 Å². The average molecular weight is 346 g/mol. The number of carbonyl (C=O) groups excluding carboxylic acids is 1. The van der Waals surface area contributed by atoms with Crippen molar-refractivity contribution in [3.8, 4) is 0 Å². The highest BCUT2D eigenvalue weighted by atomic mass is 32.2. The molecule has 2 aromatic rings. The zero-order chi connectivity index (χ0) is 17.7. The fourth-order valence-electron chi connectivity index (χ4n) is 1.95. The lowest BCUT2D eigenvalue weighted by atomic mass is 10.2. The van der Waals surface area contributed by atoms with Gasteiger partial charge in [0.1, 0.15) is 16.3 Å². The molecule has 1 aromatic carbocycles. The summed E-state index contributed by atoms with van der Waals surface area (Å²) in [6.07, 6.45) is -0.239. The maximum atomic E-state index is 12.0. The third-order valence-electron chi connectivity index (χ3n) is 2.82. The second kappa shape index (κ2) is 7.44. The van der Waals surface area contributed by atoms with Crippen LogP contribution in [-0.2, 0) is 16.0 Å². The maximum absolute atomic E-state index is 12.0. The highest BCUT2D eigenvalue weighted by molar-refractivity contribution is 7.99. The van der Waals surface area contributed by atoms with Crippen LogP contribution >= 0.6 is 11.8 Å². The van der Waals surface area contributed by atoms with Gasteiger partial charge in [-0.3, -0.25) is 14.9 Å². The molecule has 7 heteroatoms. The Morgan fingerprint density at radius 2 is 1.88 bits per heavy atom. The summed E-state index contributed by atoms with van der Waals surface area (Å²) in [5.74, 6) is -0.542. The molecule has 126 valence electrons. The Bertz CT molecular complexity index is 742. The first kappa shape index (κ1) is 17.9. The smallest absolute Gasteiger partial charge is 0.312 e. The fraction of sp³-hybridized carbons (Fsp3) is 0.294. The minimum atomic E-state index is -0.651. The summed E-state index contributed by atoms with van der Waals surface area (Å²) >= 11 is 1.38. The first-order valence-electron chi connectivity index (χ1n) is 7.34. The van der Waals surface area contributed by atoms with Crippen molar-refractivity contribution in [1.82, 2.24) is 4.98 Å². The van der Waals surface area contributed by atoms with Crippen LogP contribution in [0.2, 0.25) is 0 Å². The molecule has 0 saturated heterocycles. The number of hydrogen-bond donors (Lipinski definition) is 0. The number of esters is 1. The van der Waals surface area contributed by atoms with Gasteiger partial charge < -0.3 is 4.74 Å². The van der Waals surface area contributed by atoms with Crippen LogP contribution in [0, 0.1) is 10.1 Å². The third kappa shape index (κ3) is 5.34. The van der Waals surface area contributed by atoms with Crippen molar-refractivity contribution in [3.05, 3.63) is 58.3 Å². The van der Waals surface area contributed by atoms with Crippen molar-refractivity contribution in [2.45, 2.75) is 42.7 Å². The molecule has 0 radical (unpaired) electrons. The molecule has 1 heterocycles. The summed E-state index contributed by atoms with van der Waals surface area (Å²) in [4.78, 5) is 27.8. The molecule has 0 amide bonds. The minimum absolute atomic E-state index is 0.107. The van der Waals surface area contributed by atoms with Gasteiger partial charge in [-0.2, -0.15) is 0 Å². The molecule has 6 nitrogen and oxygen atoms in total. The Morgan fingerprint density at radius 3 is 2.46 bits per heavy atom. The predicted molar refractivity (Wildman–Crippen MR) is 91.0 cm³/mol. The molecule has 0 bridgehead atoms. The summed E-state index contributed by atoms with van der Waals surface area (Å²) in [6, 6.07) is 12.5. The largest absolute Gasteiger partial charge is 0.460 e. The van der Waals surface area contributed by atoms with E-state index in [1.807, 2.05) is 30.3 Å². The summed E-state index contributed by atoms with van der Waals surface area (Å²) < 4.78 is 5.23. The van der Waals surface area contributed by atoms with Gasteiger partial charge in [0.15, 0.2) is 0 Å². The van der Waals surface area contributed by atoms with Gasteiger partial charge in [-0.1, -0.05) is 30.0 Å². The number of aromatic nitrogens is 1. The number of ether oxygens (including phenoxy) is 1. The molecule has 2 rings (SSSR count). The Labute approximate surface area is 144 Å². The Morgan fingerprint density at radius 1 is 1.21 bits per heavy atom. The van der Waals surface area contributed by atoms with E-state index in [4.69, 9.17) is 4.74 Å². The monoisotopic (exact) mass is 346 g/mol. The Kier molecular flexibility index (Phi) is 5.56. The summed E-state index contributed by atoms with van der Waals surface area (Å²) in [5, 5.41) is 11.8. The molecule has 24 heavy (non-hydrogen) atoms. The molecular weight excluding hydrogens is 328 g/mol. The SMILES string of the molecule is CC(C)(C)OC(=O)Cc1nc(Sc2ccccc2)ccc1[N+](=O)[O-]. The highest BCUT2D eigenvalue weighted by Crippen LogP contribution is 2.29. The number of carbonyl (C=O) groups is 1. The normalized spacial score (nSPS) is 11.1. The number of hydrogen-bond acceptors (Lipinski definition) is 6. The standard InChI is InChI=1S/C17H18N2O4S/c1-17(2,3)23-16(20)11-13-14(19(21)22)9-10-15(18-13)24-12-7-5-4-6-8-12/h4-10H,11H2,1-3H3. The molecule has 0 aliphatic carbocycles. The van der Waals surface area contributed by atoms with Crippen molar-refractivity contribution >= 4 is 23.4 Å². The van der Waals surface area contributed by atoms with E-state index in [2.05, 4.69) is 4.98 Å². The summed E-state index contributed by atoms with van der Waals surface area (Å²) in [7, 11) is 0. The van der Waals surface area contributed by atoms with E-state index in [1.54, 1.807) is 26.8 Å². The van der Waals surface area contributed by atoms with Crippen LogP contribution in [0.4, 0.5) is 5.69 Å². The van der Waals surface area contributed by atoms with Gasteiger partial charge in [0, 0.05) is 11.0 Å². The van der Waals surface area contributed by atoms with E-state index < -0.39 is 16.5 Å². The van der Waals surface area contributed by atoms with Crippen molar-refractivity contribution in [2.75, 3.05) is 0 Å². The lowest BCUT2D eigenvalue weighted by Gasteiger charge is -2.19. The molecule has 0 aliphatic rings. The van der Waals surface area contributed by atoms with Crippen LogP contribution in [0.1, 0.15) is 26.5 Å². The quantitative estimate of drug-likeness (QED) is 0.462. The highest BCUT2D eigenvalue weighted by Gasteiger charge is 2.23. The van der Waals surface area contributed by atoms with Crippen molar-refractivity contribution in [2.24, 2.45) is 0 Å². The number of rotatable bonds is 5. The van der Waals surface area contributed by atoms with Gasteiger partial charge in [-0.15, -0.1) is 0 Å². The maximum Gasteiger partial charge on any atom is 0.312 e. The first-order chi connectivity index (χ1) is 11.2. The molecule has 0 spiro atoms. The molecule has 0 unspecified atom stereocenters. The molecule has 0 fully saturated rings. The minimum Gasteiger partial charge on any atom is -0.460 e. The predicted octanol–water partition coefficient (Wildman–Crippen LogP) is 4.03. The molecular formula is C17H18N2O4S. The zero-order valence-electron chi connectivity index (χ0n) is 13.7. The topological polar surface area (TPSA) is 82.3 Å². The van der Waals surface area contributed by atoms with Crippen LogP contribution in [0.3, 0.4) is 0 Å². The molecule has 0 saturated carbocycles. The molecule has 0 aliphatic heterocycles. The number of pyridine rings is 1. The van der Waals surface area contributed by atoms with E-state index in [9.17, 15) is 14.9 Å². The Balaban J connectivity index is 2.25. The number of benzene rings is 1. The molecule has 0 N–H and O–H groups in total. The second-order valence-electron chi connectivity index (χ2n) is 6.05. The lowest BCUT2D eigenvalue weighted by molar-refractivity contribution is -0.386. The van der Waals surface area contributed by atoms with Crippen LogP contribution < -0.4 is 0 Å². The van der Waals surface area contributed by atoms with Gasteiger partial charge in [0.05, 0.1) is 11.3 Å². The molecule has 1 aromatic heterocycles. The van der Waals surface area contributed by atoms with Gasteiger partial charge in [0.25, 0.3) is 5.69 Å². The van der Waals surface area contributed by atoms with Crippen LogP contribution in [0.25, 0.3) is 0 Å². The van der Waals surface area contributed by atoms with Crippen molar-refractivity contribution in [3.63, 3.8) is 0 Å². The van der Waals surface area contributed by atoms with E-state index in [1.165, 1.54) is 17.8 Å². The van der Waals surface area contributed by atoms with E-state index >= 15 is 0 Å². The van der Waals surface area contributed by atoms with Gasteiger partial charge in [-0.05, 0) is 39.0 Å². The number of nitro groups is 1. The number of nitrogens with zero attached hydrogens (tertiary/aromatic N) is 2. The third-order valence-corrected chi connectivity index (χ3v) is 3.76. The van der Waals surface area contributed by atoms with E-state index in [-0.39, 0.29) is 17.8 Å². The van der Waals surface area contributed by atoms with Gasteiger partial charge in [0.2, 0.25) is 0 Å². The Hall–Kier alpha value is -2.41.